The van der Waals surface area contributed by atoms with Gasteiger partial charge in [-0.3, -0.25) is 14.5 Å². The maximum atomic E-state index is 13.9. The van der Waals surface area contributed by atoms with E-state index < -0.39 is 0 Å². The van der Waals surface area contributed by atoms with Crippen LogP contribution >= 0.6 is 23.2 Å². The van der Waals surface area contributed by atoms with Gasteiger partial charge >= 0.3 is 5.97 Å². The number of hydrogen-bond acceptors (Lipinski definition) is 5. The summed E-state index contributed by atoms with van der Waals surface area (Å²) in [6, 6.07) is 8.66. The molecular formula is C28H41Cl2N3O3. The summed E-state index contributed by atoms with van der Waals surface area (Å²) in [6.45, 7) is 6.88. The van der Waals surface area contributed by atoms with E-state index in [0.29, 0.717) is 42.7 Å². The third-order valence-electron chi connectivity index (χ3n) is 8.31. The molecule has 0 radical (unpaired) electrons. The number of alkyl halides is 2. The van der Waals surface area contributed by atoms with E-state index in [1.165, 1.54) is 32.4 Å². The highest BCUT2D eigenvalue weighted by Gasteiger charge is 2.49. The Hall–Kier alpha value is -1.50. The highest BCUT2D eigenvalue weighted by molar-refractivity contribution is 6.18. The number of carbonyl (C=O) groups is 2. The number of likely N-dealkylation sites (tertiary alicyclic amines) is 1. The van der Waals surface area contributed by atoms with E-state index in [9.17, 15) is 9.59 Å². The molecule has 0 saturated carbocycles. The van der Waals surface area contributed by atoms with Gasteiger partial charge in [0.1, 0.15) is 0 Å². The molecule has 4 rings (SSSR count). The van der Waals surface area contributed by atoms with E-state index in [1.807, 2.05) is 31.2 Å². The van der Waals surface area contributed by atoms with Crippen molar-refractivity contribution in [2.45, 2.75) is 64.0 Å². The number of rotatable bonds is 11. The summed E-state index contributed by atoms with van der Waals surface area (Å²) in [6.07, 6.45) is 6.79. The van der Waals surface area contributed by atoms with Crippen LogP contribution in [0.2, 0.25) is 0 Å². The third kappa shape index (κ3) is 6.31. The fourth-order valence-corrected chi connectivity index (χ4v) is 7.25. The van der Waals surface area contributed by atoms with E-state index >= 15 is 0 Å². The highest BCUT2D eigenvalue weighted by Crippen LogP contribution is 2.43. The molecule has 8 heteroatoms. The lowest BCUT2D eigenvalue weighted by Gasteiger charge is -2.57. The lowest BCUT2D eigenvalue weighted by Crippen LogP contribution is -2.65. The number of esters is 1. The molecule has 4 atom stereocenters. The van der Waals surface area contributed by atoms with Gasteiger partial charge in [0.15, 0.2) is 0 Å². The Morgan fingerprint density at radius 2 is 1.75 bits per heavy atom. The van der Waals surface area contributed by atoms with Gasteiger partial charge in [0.2, 0.25) is 0 Å². The van der Waals surface area contributed by atoms with Gasteiger partial charge in [-0.2, -0.15) is 0 Å². The summed E-state index contributed by atoms with van der Waals surface area (Å²) in [4.78, 5) is 33.0. The first-order chi connectivity index (χ1) is 17.6. The average Bonchev–Trinajstić information content (AvgIpc) is 2.90. The molecule has 0 N–H and O–H groups in total. The zero-order valence-electron chi connectivity index (χ0n) is 21.5. The van der Waals surface area contributed by atoms with Crippen LogP contribution in [0, 0.1) is 11.8 Å². The van der Waals surface area contributed by atoms with Crippen molar-refractivity contribution in [2.75, 3.05) is 56.0 Å². The number of carbonyl (C=O) groups excluding carboxylic acids is 2. The van der Waals surface area contributed by atoms with Crippen molar-refractivity contribution in [1.29, 1.82) is 0 Å². The van der Waals surface area contributed by atoms with Crippen molar-refractivity contribution in [3.05, 3.63) is 29.8 Å². The normalized spacial score (nSPS) is 25.8. The predicted molar refractivity (Wildman–Crippen MR) is 146 cm³/mol. The molecule has 0 unspecified atom stereocenters. The van der Waals surface area contributed by atoms with Crippen molar-refractivity contribution < 1.29 is 14.3 Å². The lowest BCUT2D eigenvalue weighted by atomic mass is 9.69. The second kappa shape index (κ2) is 13.3. The Morgan fingerprint density at radius 1 is 1.06 bits per heavy atom. The molecule has 3 saturated heterocycles. The van der Waals surface area contributed by atoms with Crippen molar-refractivity contribution >= 4 is 40.8 Å². The molecule has 36 heavy (non-hydrogen) atoms. The number of piperidine rings is 3. The van der Waals surface area contributed by atoms with Crippen LogP contribution in [0.1, 0.15) is 62.2 Å². The van der Waals surface area contributed by atoms with E-state index in [1.54, 1.807) is 0 Å². The van der Waals surface area contributed by atoms with Crippen LogP contribution < -0.4 is 4.90 Å². The molecule has 1 aromatic rings. The summed E-state index contributed by atoms with van der Waals surface area (Å²) in [7, 11) is 0. The second-order valence-corrected chi connectivity index (χ2v) is 11.1. The van der Waals surface area contributed by atoms with Crippen LogP contribution in [0.3, 0.4) is 0 Å². The first kappa shape index (κ1) is 27.5. The summed E-state index contributed by atoms with van der Waals surface area (Å²) < 4.78 is 5.16. The molecule has 3 aliphatic rings. The quantitative estimate of drug-likeness (QED) is 0.293. The van der Waals surface area contributed by atoms with E-state index in [-0.39, 0.29) is 17.9 Å². The van der Waals surface area contributed by atoms with Gasteiger partial charge in [-0.05, 0) is 94.6 Å². The summed E-state index contributed by atoms with van der Waals surface area (Å²) >= 11 is 12.0. The van der Waals surface area contributed by atoms with Crippen LogP contribution in [0.4, 0.5) is 5.69 Å². The number of nitrogens with zero attached hydrogens (tertiary/aromatic N) is 3. The largest absolute Gasteiger partial charge is 0.466 e. The van der Waals surface area contributed by atoms with Crippen molar-refractivity contribution in [1.82, 2.24) is 9.80 Å². The molecule has 1 amide bonds. The van der Waals surface area contributed by atoms with Gasteiger partial charge in [0, 0.05) is 61.1 Å². The van der Waals surface area contributed by atoms with Gasteiger partial charge in [-0.25, -0.2) is 0 Å². The van der Waals surface area contributed by atoms with Crippen molar-refractivity contribution in [3.63, 3.8) is 0 Å². The third-order valence-corrected chi connectivity index (χ3v) is 8.65. The Bertz CT molecular complexity index is 860. The molecule has 200 valence electrons. The summed E-state index contributed by atoms with van der Waals surface area (Å²) in [5, 5.41) is 0. The molecule has 0 bridgehead atoms. The number of hydrogen-bond donors (Lipinski definition) is 0. The van der Waals surface area contributed by atoms with Crippen LogP contribution in [0.5, 0.6) is 0 Å². The van der Waals surface area contributed by atoms with Gasteiger partial charge in [0.25, 0.3) is 5.91 Å². The van der Waals surface area contributed by atoms with Crippen LogP contribution in [-0.2, 0) is 9.53 Å². The second-order valence-electron chi connectivity index (χ2n) is 10.4. The van der Waals surface area contributed by atoms with Gasteiger partial charge < -0.3 is 14.5 Å². The number of halogens is 2. The monoisotopic (exact) mass is 537 g/mol. The summed E-state index contributed by atoms with van der Waals surface area (Å²) in [5.74, 6) is 2.05. The van der Waals surface area contributed by atoms with E-state index in [0.717, 1.165) is 50.1 Å². The standard InChI is InChI=1S/C28H41Cl2N3O3/c1-2-36-26(34)9-3-8-25-24-7-5-17-32-16-4-6-22(27(24)32)20-33(25)28(35)21-10-12-23(13-11-21)31(18-14-29)19-15-30/h10-13,22,24-25,27H,2-9,14-20H2,1H3/t22-,24-,25+,27+/m1/s1. The number of benzene rings is 1. The Morgan fingerprint density at radius 3 is 2.42 bits per heavy atom. The maximum absolute atomic E-state index is 13.9. The molecule has 6 nitrogen and oxygen atoms in total. The number of amides is 1. The number of anilines is 1. The smallest absolute Gasteiger partial charge is 0.305 e. The van der Waals surface area contributed by atoms with Crippen LogP contribution in [0.15, 0.2) is 24.3 Å². The Labute approximate surface area is 226 Å². The van der Waals surface area contributed by atoms with Gasteiger partial charge in [-0.15, -0.1) is 23.2 Å². The first-order valence-corrected chi connectivity index (χ1v) is 14.8. The van der Waals surface area contributed by atoms with Crippen LogP contribution in [0.25, 0.3) is 0 Å². The molecule has 0 aliphatic carbocycles. The fourth-order valence-electron chi connectivity index (χ4n) is 6.84. The van der Waals surface area contributed by atoms with E-state index in [4.69, 9.17) is 27.9 Å². The first-order valence-electron chi connectivity index (χ1n) is 13.7. The minimum atomic E-state index is -0.138. The van der Waals surface area contributed by atoms with Gasteiger partial charge in [0.05, 0.1) is 6.61 Å². The molecule has 1 aromatic carbocycles. The lowest BCUT2D eigenvalue weighted by molar-refractivity contribution is -0.143. The molecule has 3 aliphatic heterocycles. The topological polar surface area (TPSA) is 53.1 Å². The molecule has 3 fully saturated rings. The van der Waals surface area contributed by atoms with Crippen molar-refractivity contribution in [3.8, 4) is 0 Å². The van der Waals surface area contributed by atoms with E-state index in [2.05, 4.69) is 14.7 Å². The molecule has 3 heterocycles. The molecular weight excluding hydrogens is 497 g/mol. The minimum absolute atomic E-state index is 0.116. The SMILES string of the molecule is CCOC(=O)CCC[C@H]1[C@H]2CCCN3CCC[C@H](CN1C(=O)c1ccc(N(CCCl)CCCl)cc1)[C@@H]23. The van der Waals surface area contributed by atoms with Crippen LogP contribution in [-0.4, -0.2) is 84.9 Å². The minimum Gasteiger partial charge on any atom is -0.466 e. The number of ether oxygens (including phenoxy) is 1. The fraction of sp³-hybridized carbons (Fsp3) is 0.714. The Kier molecular flexibility index (Phi) is 10.2. The van der Waals surface area contributed by atoms with Gasteiger partial charge in [-0.1, -0.05) is 0 Å². The van der Waals surface area contributed by atoms with Crippen molar-refractivity contribution in [2.24, 2.45) is 11.8 Å². The highest BCUT2D eigenvalue weighted by atomic mass is 35.5. The molecule has 0 aromatic heterocycles. The average molecular weight is 539 g/mol. The summed E-state index contributed by atoms with van der Waals surface area (Å²) in [5.41, 5.74) is 1.76. The predicted octanol–water partition coefficient (Wildman–Crippen LogP) is 5.02. The zero-order valence-corrected chi connectivity index (χ0v) is 23.1. The molecule has 0 spiro atoms. The Balaban J connectivity index is 1.53. The zero-order chi connectivity index (χ0) is 25.5. The maximum Gasteiger partial charge on any atom is 0.305 e.